The molecule has 110 valence electrons. The fourth-order valence-corrected chi connectivity index (χ4v) is 2.66. The number of rotatable bonds is 5. The van der Waals surface area contributed by atoms with Crippen molar-refractivity contribution in [2.75, 3.05) is 13.7 Å². The zero-order chi connectivity index (χ0) is 15.4. The average molecular weight is 414 g/mol. The van der Waals surface area contributed by atoms with Crippen LogP contribution in [0.1, 0.15) is 15.9 Å². The van der Waals surface area contributed by atoms with Gasteiger partial charge >= 0.3 is 0 Å². The molecule has 0 aliphatic rings. The Hall–Kier alpha value is -1.33. The topological polar surface area (TPSA) is 35.5 Å². The van der Waals surface area contributed by atoms with Gasteiger partial charge in [-0.3, -0.25) is 4.79 Å². The van der Waals surface area contributed by atoms with Crippen LogP contribution in [0.25, 0.3) is 0 Å². The molecule has 3 nitrogen and oxygen atoms in total. The monoisotopic (exact) mass is 412 g/mol. The summed E-state index contributed by atoms with van der Waals surface area (Å²) in [7, 11) is 1.59. The van der Waals surface area contributed by atoms with Gasteiger partial charge in [0.05, 0.1) is 16.1 Å². The Kier molecular flexibility index (Phi) is 5.42. The molecule has 0 aliphatic heterocycles. The maximum Gasteiger partial charge on any atom is 0.200 e. The molecule has 5 heteroatoms. The molecule has 0 saturated heterocycles. The Morgan fingerprint density at radius 1 is 1.05 bits per heavy atom. The molecule has 2 aromatic rings. The Morgan fingerprint density at radius 2 is 1.62 bits per heavy atom. The van der Waals surface area contributed by atoms with E-state index < -0.39 is 0 Å². The molecule has 0 N–H and O–H groups in total. The minimum absolute atomic E-state index is 0.0135. The zero-order valence-electron chi connectivity index (χ0n) is 11.7. The van der Waals surface area contributed by atoms with E-state index >= 15 is 0 Å². The van der Waals surface area contributed by atoms with E-state index in [1.54, 1.807) is 31.4 Å². The highest BCUT2D eigenvalue weighted by molar-refractivity contribution is 9.11. The van der Waals surface area contributed by atoms with Gasteiger partial charge in [-0.2, -0.15) is 0 Å². The van der Waals surface area contributed by atoms with Crippen molar-refractivity contribution in [2.24, 2.45) is 0 Å². The van der Waals surface area contributed by atoms with Crippen LogP contribution in [-0.4, -0.2) is 19.5 Å². The van der Waals surface area contributed by atoms with E-state index in [1.165, 1.54) is 0 Å². The number of benzene rings is 2. The molecule has 0 heterocycles. The summed E-state index contributed by atoms with van der Waals surface area (Å²) in [5, 5.41) is 0. The summed E-state index contributed by atoms with van der Waals surface area (Å²) >= 11 is 6.79. The number of ether oxygens (including phenoxy) is 2. The van der Waals surface area contributed by atoms with E-state index in [0.717, 1.165) is 14.5 Å². The van der Waals surface area contributed by atoms with Gasteiger partial charge in [0.15, 0.2) is 12.4 Å². The quantitative estimate of drug-likeness (QED) is 0.661. The van der Waals surface area contributed by atoms with Gasteiger partial charge in [0, 0.05) is 5.56 Å². The first-order chi connectivity index (χ1) is 10.0. The number of methoxy groups -OCH3 is 1. The van der Waals surface area contributed by atoms with Crippen molar-refractivity contribution in [1.29, 1.82) is 0 Å². The van der Waals surface area contributed by atoms with Gasteiger partial charge in [-0.25, -0.2) is 0 Å². The molecule has 2 aromatic carbocycles. The highest BCUT2D eigenvalue weighted by atomic mass is 79.9. The zero-order valence-corrected chi connectivity index (χ0v) is 14.8. The molecule has 0 radical (unpaired) electrons. The van der Waals surface area contributed by atoms with Crippen LogP contribution in [0.4, 0.5) is 0 Å². The number of hydrogen-bond acceptors (Lipinski definition) is 3. The fraction of sp³-hybridized carbons (Fsp3) is 0.188. The molecule has 0 bridgehead atoms. The van der Waals surface area contributed by atoms with Crippen molar-refractivity contribution in [3.63, 3.8) is 0 Å². The standard InChI is InChI=1S/C16H14Br2O3/c1-10-3-5-11(6-4-10)14(19)9-21-16-8-12(17)15(20-2)7-13(16)18/h3-8H,9H2,1-2H3. The van der Waals surface area contributed by atoms with Crippen LogP contribution < -0.4 is 9.47 Å². The molecule has 0 aliphatic carbocycles. The van der Waals surface area contributed by atoms with Crippen LogP contribution >= 0.6 is 31.9 Å². The third-order valence-electron chi connectivity index (χ3n) is 2.94. The minimum Gasteiger partial charge on any atom is -0.496 e. The fourth-order valence-electron chi connectivity index (χ4n) is 1.74. The Labute approximate surface area is 140 Å². The Balaban J connectivity index is 2.07. The predicted octanol–water partition coefficient (Wildman–Crippen LogP) is 4.79. The second-order valence-corrected chi connectivity index (χ2v) is 6.20. The number of Topliss-reactive ketones (excluding diaryl/α,β-unsaturated/α-hetero) is 1. The highest BCUT2D eigenvalue weighted by Crippen LogP contribution is 2.36. The van der Waals surface area contributed by atoms with Gasteiger partial charge in [0.25, 0.3) is 0 Å². The second-order valence-electron chi connectivity index (χ2n) is 4.50. The van der Waals surface area contributed by atoms with Gasteiger partial charge in [-0.1, -0.05) is 29.8 Å². The maximum atomic E-state index is 12.1. The lowest BCUT2D eigenvalue weighted by Gasteiger charge is -2.11. The van der Waals surface area contributed by atoms with E-state index in [1.807, 2.05) is 19.1 Å². The van der Waals surface area contributed by atoms with Crippen molar-refractivity contribution in [2.45, 2.75) is 6.92 Å². The molecule has 0 atom stereocenters. The summed E-state index contributed by atoms with van der Waals surface area (Å²) in [5.41, 5.74) is 1.76. The predicted molar refractivity (Wildman–Crippen MR) is 89.4 cm³/mol. The molecular weight excluding hydrogens is 400 g/mol. The van der Waals surface area contributed by atoms with Gasteiger partial charge in [0.1, 0.15) is 11.5 Å². The minimum atomic E-state index is -0.0613. The van der Waals surface area contributed by atoms with E-state index in [9.17, 15) is 4.79 Å². The van der Waals surface area contributed by atoms with Crippen molar-refractivity contribution in [1.82, 2.24) is 0 Å². The third-order valence-corrected chi connectivity index (χ3v) is 4.18. The normalized spacial score (nSPS) is 10.3. The van der Waals surface area contributed by atoms with Crippen molar-refractivity contribution < 1.29 is 14.3 Å². The van der Waals surface area contributed by atoms with Gasteiger partial charge in [-0.15, -0.1) is 0 Å². The van der Waals surface area contributed by atoms with Crippen LogP contribution in [0.2, 0.25) is 0 Å². The SMILES string of the molecule is COc1cc(Br)c(OCC(=O)c2ccc(C)cc2)cc1Br. The Morgan fingerprint density at radius 3 is 2.24 bits per heavy atom. The Bertz CT molecular complexity index is 651. The molecule has 0 aromatic heterocycles. The van der Waals surface area contributed by atoms with Crippen molar-refractivity contribution in [3.8, 4) is 11.5 Å². The van der Waals surface area contributed by atoms with Crippen LogP contribution in [0.5, 0.6) is 11.5 Å². The lowest BCUT2D eigenvalue weighted by Crippen LogP contribution is -2.11. The van der Waals surface area contributed by atoms with Crippen LogP contribution in [0, 0.1) is 6.92 Å². The summed E-state index contributed by atoms with van der Waals surface area (Å²) < 4.78 is 12.3. The molecule has 0 unspecified atom stereocenters. The summed E-state index contributed by atoms with van der Waals surface area (Å²) in [5.74, 6) is 1.22. The third kappa shape index (κ3) is 4.08. The average Bonchev–Trinajstić information content (AvgIpc) is 2.48. The molecule has 21 heavy (non-hydrogen) atoms. The number of ketones is 1. The molecular formula is C16H14Br2O3. The van der Waals surface area contributed by atoms with Gasteiger partial charge in [0.2, 0.25) is 0 Å². The van der Waals surface area contributed by atoms with E-state index in [0.29, 0.717) is 17.1 Å². The van der Waals surface area contributed by atoms with Gasteiger partial charge in [-0.05, 0) is 50.9 Å². The number of aryl methyl sites for hydroxylation is 1. The summed E-state index contributed by atoms with van der Waals surface area (Å²) in [6, 6.07) is 11.0. The van der Waals surface area contributed by atoms with E-state index in [2.05, 4.69) is 31.9 Å². The molecule has 0 spiro atoms. The number of halogens is 2. The van der Waals surface area contributed by atoms with Crippen LogP contribution in [-0.2, 0) is 0 Å². The summed E-state index contributed by atoms with van der Waals surface area (Å²) in [6.45, 7) is 1.97. The van der Waals surface area contributed by atoms with Crippen LogP contribution in [0.3, 0.4) is 0 Å². The first kappa shape index (κ1) is 16.0. The largest absolute Gasteiger partial charge is 0.496 e. The molecule has 0 amide bonds. The lowest BCUT2D eigenvalue weighted by molar-refractivity contribution is 0.0921. The number of carbonyl (C=O) groups is 1. The first-order valence-electron chi connectivity index (χ1n) is 6.27. The smallest absolute Gasteiger partial charge is 0.200 e. The first-order valence-corrected chi connectivity index (χ1v) is 7.85. The van der Waals surface area contributed by atoms with E-state index in [4.69, 9.17) is 9.47 Å². The lowest BCUT2D eigenvalue weighted by atomic mass is 10.1. The van der Waals surface area contributed by atoms with Crippen molar-refractivity contribution >= 4 is 37.6 Å². The van der Waals surface area contributed by atoms with Crippen LogP contribution in [0.15, 0.2) is 45.3 Å². The van der Waals surface area contributed by atoms with Gasteiger partial charge < -0.3 is 9.47 Å². The molecule has 2 rings (SSSR count). The summed E-state index contributed by atoms with van der Waals surface area (Å²) in [6.07, 6.45) is 0. The van der Waals surface area contributed by atoms with Crippen molar-refractivity contribution in [3.05, 3.63) is 56.5 Å². The second kappa shape index (κ2) is 7.09. The molecule has 0 fully saturated rings. The number of carbonyl (C=O) groups excluding carboxylic acids is 1. The molecule has 0 saturated carbocycles. The highest BCUT2D eigenvalue weighted by Gasteiger charge is 2.11. The maximum absolute atomic E-state index is 12.1. The van der Waals surface area contributed by atoms with E-state index in [-0.39, 0.29) is 12.4 Å². The summed E-state index contributed by atoms with van der Waals surface area (Å²) in [4.78, 5) is 12.1. The number of hydrogen-bond donors (Lipinski definition) is 0.